The van der Waals surface area contributed by atoms with Gasteiger partial charge in [-0.05, 0) is 23.6 Å². The third-order valence-electron chi connectivity index (χ3n) is 4.02. The number of carbonyl (C=O) groups is 2. The fraction of sp³-hybridized carbons (Fsp3) is 0.167. The van der Waals surface area contributed by atoms with Crippen molar-refractivity contribution in [3.05, 3.63) is 47.7 Å². The van der Waals surface area contributed by atoms with Crippen LogP contribution in [0.25, 0.3) is 21.7 Å². The van der Waals surface area contributed by atoms with Crippen molar-refractivity contribution in [2.24, 2.45) is 0 Å². The Kier molecular flexibility index (Phi) is 4.96. The average molecular weight is 408 g/mol. The lowest BCUT2D eigenvalue weighted by Gasteiger charge is -2.08. The molecule has 0 atom stereocenters. The molecule has 29 heavy (non-hydrogen) atoms. The van der Waals surface area contributed by atoms with E-state index >= 15 is 0 Å². The molecule has 1 N–H and O–H groups in total. The molecule has 0 saturated heterocycles. The number of hydrogen-bond donors (Lipinski definition) is 1. The Labute approximate surface area is 169 Å². The van der Waals surface area contributed by atoms with Gasteiger partial charge in [0.2, 0.25) is 5.91 Å². The van der Waals surface area contributed by atoms with Crippen molar-refractivity contribution in [3.8, 4) is 11.5 Å². The second-order valence-corrected chi connectivity index (χ2v) is 7.19. The number of nitrogens with zero attached hydrogens (tertiary/aromatic N) is 7. The van der Waals surface area contributed by atoms with Crippen LogP contribution >= 0.6 is 11.3 Å². The molecule has 4 aromatic rings. The molecule has 0 unspecified atom stereocenters. The highest BCUT2D eigenvalue weighted by Crippen LogP contribution is 2.28. The molecule has 4 rings (SSSR count). The predicted molar refractivity (Wildman–Crippen MR) is 107 cm³/mol. The molecule has 11 heteroatoms. The smallest absolute Gasteiger partial charge is 0.279 e. The van der Waals surface area contributed by atoms with Gasteiger partial charge in [-0.3, -0.25) is 14.6 Å². The standard InChI is InChI=1S/C18H16N8O2S/c1-25(2)14(27)10-26-9-13(23-24-26)17(28)21-15-11-6-8-29-18(11)22-16(20-15)12-5-3-4-7-19-12/h3-9H,10H2,1-2H3,(H,20,21,22,28). The van der Waals surface area contributed by atoms with Crippen LogP contribution in [0, 0.1) is 0 Å². The highest BCUT2D eigenvalue weighted by molar-refractivity contribution is 7.16. The van der Waals surface area contributed by atoms with Crippen LogP contribution in [-0.2, 0) is 11.3 Å². The second kappa shape index (κ2) is 7.72. The number of aromatic nitrogens is 6. The summed E-state index contributed by atoms with van der Waals surface area (Å²) in [5.41, 5.74) is 0.685. The molecule has 146 valence electrons. The monoisotopic (exact) mass is 408 g/mol. The highest BCUT2D eigenvalue weighted by atomic mass is 32.1. The van der Waals surface area contributed by atoms with Gasteiger partial charge in [-0.2, -0.15) is 0 Å². The molecule has 4 aromatic heterocycles. The van der Waals surface area contributed by atoms with Gasteiger partial charge in [-0.1, -0.05) is 11.3 Å². The SMILES string of the molecule is CN(C)C(=O)Cn1cc(C(=O)Nc2nc(-c3ccccn3)nc3sccc23)nn1. The van der Waals surface area contributed by atoms with E-state index in [0.717, 1.165) is 10.2 Å². The van der Waals surface area contributed by atoms with Gasteiger partial charge in [0.05, 0.1) is 11.6 Å². The first kappa shape index (κ1) is 18.6. The quantitative estimate of drug-likeness (QED) is 0.534. The lowest BCUT2D eigenvalue weighted by atomic mass is 10.3. The van der Waals surface area contributed by atoms with Gasteiger partial charge in [0.1, 0.15) is 22.9 Å². The molecule has 4 heterocycles. The Morgan fingerprint density at radius 2 is 2.07 bits per heavy atom. The number of pyridine rings is 1. The minimum Gasteiger partial charge on any atom is -0.347 e. The Morgan fingerprint density at radius 1 is 1.21 bits per heavy atom. The van der Waals surface area contributed by atoms with Crippen LogP contribution in [0.3, 0.4) is 0 Å². The van der Waals surface area contributed by atoms with Gasteiger partial charge in [0, 0.05) is 20.3 Å². The molecular weight excluding hydrogens is 392 g/mol. The van der Waals surface area contributed by atoms with Gasteiger partial charge in [-0.25, -0.2) is 14.6 Å². The topological polar surface area (TPSA) is 119 Å². The zero-order chi connectivity index (χ0) is 20.4. The summed E-state index contributed by atoms with van der Waals surface area (Å²) in [6.45, 7) is -0.000607. The van der Waals surface area contributed by atoms with Crippen LogP contribution in [0.2, 0.25) is 0 Å². The molecule has 0 aliphatic carbocycles. The predicted octanol–water partition coefficient (Wildman–Crippen LogP) is 1.69. The van der Waals surface area contributed by atoms with Crippen LogP contribution in [0.5, 0.6) is 0 Å². The minimum absolute atomic E-state index is 0.000607. The summed E-state index contributed by atoms with van der Waals surface area (Å²) in [6.07, 6.45) is 3.07. The van der Waals surface area contributed by atoms with Crippen LogP contribution in [0.1, 0.15) is 10.5 Å². The first-order valence-electron chi connectivity index (χ1n) is 8.59. The van der Waals surface area contributed by atoms with Crippen molar-refractivity contribution in [2.45, 2.75) is 6.54 Å². The summed E-state index contributed by atoms with van der Waals surface area (Å²) in [5, 5.41) is 13.0. The van der Waals surface area contributed by atoms with Crippen molar-refractivity contribution < 1.29 is 9.59 Å². The molecule has 0 aliphatic heterocycles. The number of nitrogens with one attached hydrogen (secondary N) is 1. The van der Waals surface area contributed by atoms with E-state index in [-0.39, 0.29) is 18.1 Å². The van der Waals surface area contributed by atoms with Gasteiger partial charge in [-0.15, -0.1) is 16.4 Å². The molecule has 10 nitrogen and oxygen atoms in total. The van der Waals surface area contributed by atoms with E-state index in [1.165, 1.54) is 27.1 Å². The normalized spacial score (nSPS) is 10.8. The first-order chi connectivity index (χ1) is 14.0. The van der Waals surface area contributed by atoms with Crippen molar-refractivity contribution >= 4 is 39.2 Å². The van der Waals surface area contributed by atoms with E-state index in [4.69, 9.17) is 0 Å². The van der Waals surface area contributed by atoms with Gasteiger partial charge < -0.3 is 10.2 Å². The molecule has 0 aliphatic rings. The van der Waals surface area contributed by atoms with Gasteiger partial charge in [0.25, 0.3) is 5.91 Å². The molecule has 0 bridgehead atoms. The number of amides is 2. The highest BCUT2D eigenvalue weighted by Gasteiger charge is 2.17. The molecule has 0 saturated carbocycles. The third-order valence-corrected chi connectivity index (χ3v) is 4.82. The number of carbonyl (C=O) groups excluding carboxylic acids is 2. The van der Waals surface area contributed by atoms with E-state index in [9.17, 15) is 9.59 Å². The molecule has 0 radical (unpaired) electrons. The van der Waals surface area contributed by atoms with Gasteiger partial charge >= 0.3 is 0 Å². The van der Waals surface area contributed by atoms with Gasteiger partial charge in [0.15, 0.2) is 11.5 Å². The molecule has 0 fully saturated rings. The maximum Gasteiger partial charge on any atom is 0.279 e. The minimum atomic E-state index is -0.480. The number of hydrogen-bond acceptors (Lipinski definition) is 8. The zero-order valence-corrected chi connectivity index (χ0v) is 16.4. The summed E-state index contributed by atoms with van der Waals surface area (Å²) in [7, 11) is 3.29. The Balaban J connectivity index is 1.61. The van der Waals surface area contributed by atoms with Crippen molar-refractivity contribution in [1.29, 1.82) is 0 Å². The van der Waals surface area contributed by atoms with E-state index in [2.05, 4.69) is 30.6 Å². The maximum absolute atomic E-state index is 12.7. The molecule has 0 aromatic carbocycles. The summed E-state index contributed by atoms with van der Waals surface area (Å²) >= 11 is 1.44. The van der Waals surface area contributed by atoms with E-state index < -0.39 is 5.91 Å². The largest absolute Gasteiger partial charge is 0.347 e. The third kappa shape index (κ3) is 3.94. The van der Waals surface area contributed by atoms with Crippen LogP contribution in [0.4, 0.5) is 5.82 Å². The number of likely N-dealkylation sites (N-methyl/N-ethyl adjacent to an activating group) is 1. The lowest BCUT2D eigenvalue weighted by Crippen LogP contribution is -2.26. The maximum atomic E-state index is 12.7. The van der Waals surface area contributed by atoms with E-state index in [1.807, 2.05) is 17.5 Å². The number of rotatable bonds is 5. The second-order valence-electron chi connectivity index (χ2n) is 6.29. The van der Waals surface area contributed by atoms with Crippen molar-refractivity contribution in [3.63, 3.8) is 0 Å². The summed E-state index contributed by atoms with van der Waals surface area (Å²) in [4.78, 5) is 39.9. The summed E-state index contributed by atoms with van der Waals surface area (Å²) in [5.74, 6) is 0.140. The fourth-order valence-electron chi connectivity index (χ4n) is 2.49. The number of anilines is 1. The van der Waals surface area contributed by atoms with Crippen LogP contribution < -0.4 is 5.32 Å². The van der Waals surface area contributed by atoms with Crippen molar-refractivity contribution in [2.75, 3.05) is 19.4 Å². The number of fused-ring (bicyclic) bond motifs is 1. The molecule has 2 amide bonds. The Hall–Kier alpha value is -3.73. The first-order valence-corrected chi connectivity index (χ1v) is 9.47. The van der Waals surface area contributed by atoms with Crippen LogP contribution in [0.15, 0.2) is 42.0 Å². The fourth-order valence-corrected chi connectivity index (χ4v) is 3.26. The van der Waals surface area contributed by atoms with E-state index in [0.29, 0.717) is 17.3 Å². The molecular formula is C18H16N8O2S. The number of thiophene rings is 1. The molecule has 0 spiro atoms. The summed E-state index contributed by atoms with van der Waals surface area (Å²) < 4.78 is 1.32. The van der Waals surface area contributed by atoms with E-state index in [1.54, 1.807) is 32.4 Å². The zero-order valence-electron chi connectivity index (χ0n) is 15.6. The Morgan fingerprint density at radius 3 is 2.83 bits per heavy atom. The van der Waals surface area contributed by atoms with Crippen molar-refractivity contribution in [1.82, 2.24) is 34.8 Å². The average Bonchev–Trinajstić information content (AvgIpc) is 3.38. The lowest BCUT2D eigenvalue weighted by molar-refractivity contribution is -0.129. The Bertz CT molecular complexity index is 1190. The summed E-state index contributed by atoms with van der Waals surface area (Å²) in [6, 6.07) is 7.29. The van der Waals surface area contributed by atoms with Crippen LogP contribution in [-0.4, -0.2) is 60.8 Å².